The molecule has 5 rings (SSSR count). The van der Waals surface area contributed by atoms with Crippen LogP contribution in [-0.4, -0.2) is 115 Å². The van der Waals surface area contributed by atoms with E-state index in [2.05, 4.69) is 33.9 Å². The first kappa shape index (κ1) is 27.3. The fourth-order valence-electron chi connectivity index (χ4n) is 6.41. The largest absolute Gasteiger partial charge is 0.378 e. The predicted octanol–water partition coefficient (Wildman–Crippen LogP) is 1.67. The summed E-state index contributed by atoms with van der Waals surface area (Å²) in [5.74, 6) is 2.33. The second kappa shape index (κ2) is 11.5. The van der Waals surface area contributed by atoms with E-state index in [4.69, 9.17) is 24.4 Å². The van der Waals surface area contributed by atoms with Gasteiger partial charge in [-0.15, -0.1) is 0 Å². The second-order valence-corrected chi connectivity index (χ2v) is 12.3. The van der Waals surface area contributed by atoms with Crippen molar-refractivity contribution in [1.82, 2.24) is 25.2 Å². The first-order chi connectivity index (χ1) is 18.2. The number of aromatic nitrogens is 3. The van der Waals surface area contributed by atoms with Gasteiger partial charge in [-0.3, -0.25) is 10.1 Å². The molecule has 1 aliphatic carbocycles. The van der Waals surface area contributed by atoms with Crippen molar-refractivity contribution in [2.45, 2.75) is 76.9 Å². The average Bonchev–Trinajstić information content (AvgIpc) is 2.92. The third-order valence-electron chi connectivity index (χ3n) is 8.13. The van der Waals surface area contributed by atoms with Crippen LogP contribution in [0.3, 0.4) is 0 Å². The molecule has 38 heavy (non-hydrogen) atoms. The Morgan fingerprint density at radius 2 is 1.42 bits per heavy atom. The van der Waals surface area contributed by atoms with Gasteiger partial charge in [-0.05, 0) is 40.5 Å². The number of morpholine rings is 2. The summed E-state index contributed by atoms with van der Waals surface area (Å²) >= 11 is 0. The maximum atomic E-state index is 13.3. The van der Waals surface area contributed by atoms with Crippen molar-refractivity contribution in [3.8, 4) is 0 Å². The van der Waals surface area contributed by atoms with Gasteiger partial charge in [-0.25, -0.2) is 0 Å². The molecular formula is C27H46N8O3. The van der Waals surface area contributed by atoms with E-state index in [1.54, 1.807) is 0 Å². The predicted molar refractivity (Wildman–Crippen MR) is 148 cm³/mol. The molecule has 3 aliphatic heterocycles. The summed E-state index contributed by atoms with van der Waals surface area (Å²) in [6.45, 7) is 16.1. The molecule has 1 saturated carbocycles. The fraction of sp³-hybridized carbons (Fsp3) is 0.852. The highest BCUT2D eigenvalue weighted by Gasteiger charge is 2.43. The van der Waals surface area contributed by atoms with Gasteiger partial charge in [-0.1, -0.05) is 19.3 Å². The number of hydrogen-bond acceptors (Lipinski definition) is 10. The van der Waals surface area contributed by atoms with Crippen LogP contribution in [0.2, 0.25) is 0 Å². The molecule has 3 saturated heterocycles. The molecule has 4 aliphatic rings. The van der Waals surface area contributed by atoms with Crippen molar-refractivity contribution in [3.05, 3.63) is 0 Å². The Morgan fingerprint density at radius 1 is 0.868 bits per heavy atom. The Hall–Kier alpha value is -2.24. The van der Waals surface area contributed by atoms with Crippen molar-refractivity contribution < 1.29 is 14.3 Å². The number of ether oxygens (including phenoxy) is 2. The Bertz CT molecular complexity index is 919. The van der Waals surface area contributed by atoms with Gasteiger partial charge in [0, 0.05) is 57.4 Å². The Balaban J connectivity index is 1.45. The van der Waals surface area contributed by atoms with Crippen LogP contribution in [0.25, 0.3) is 0 Å². The number of rotatable bonds is 7. The van der Waals surface area contributed by atoms with Crippen LogP contribution in [0, 0.1) is 0 Å². The van der Waals surface area contributed by atoms with Crippen LogP contribution in [0.1, 0.15) is 59.8 Å². The lowest BCUT2D eigenvalue weighted by Gasteiger charge is -2.48. The molecule has 1 N–H and O–H groups in total. The van der Waals surface area contributed by atoms with Gasteiger partial charge >= 0.3 is 0 Å². The number of nitrogens with one attached hydrogen (secondary N) is 1. The summed E-state index contributed by atoms with van der Waals surface area (Å²) in [7, 11) is 0. The van der Waals surface area contributed by atoms with Crippen molar-refractivity contribution in [1.29, 1.82) is 0 Å². The first-order valence-corrected chi connectivity index (χ1v) is 14.5. The summed E-state index contributed by atoms with van der Waals surface area (Å²) < 4.78 is 11.2. The maximum Gasteiger partial charge on any atom is 0.242 e. The van der Waals surface area contributed by atoms with Crippen molar-refractivity contribution in [2.24, 2.45) is 0 Å². The summed E-state index contributed by atoms with van der Waals surface area (Å²) in [6, 6.07) is 0.361. The molecule has 1 aromatic heterocycles. The van der Waals surface area contributed by atoms with Crippen LogP contribution in [-0.2, 0) is 14.3 Å². The molecule has 0 aromatic carbocycles. The highest BCUT2D eigenvalue weighted by Crippen LogP contribution is 2.29. The minimum absolute atomic E-state index is 0.146. The third kappa shape index (κ3) is 6.31. The maximum absolute atomic E-state index is 13.3. The van der Waals surface area contributed by atoms with E-state index >= 15 is 0 Å². The van der Waals surface area contributed by atoms with Crippen molar-refractivity contribution >= 4 is 23.8 Å². The van der Waals surface area contributed by atoms with Gasteiger partial charge in [0.15, 0.2) is 0 Å². The summed E-state index contributed by atoms with van der Waals surface area (Å²) in [4.78, 5) is 37.2. The molecule has 11 nitrogen and oxygen atoms in total. The summed E-state index contributed by atoms with van der Waals surface area (Å²) in [5, 5.41) is 3.51. The Kier molecular flexibility index (Phi) is 8.25. The molecule has 0 radical (unpaired) electrons. The molecule has 1 aromatic rings. The molecule has 0 unspecified atom stereocenters. The van der Waals surface area contributed by atoms with E-state index in [0.29, 0.717) is 52.1 Å². The number of carbonyl (C=O) groups is 1. The van der Waals surface area contributed by atoms with Crippen LogP contribution < -0.4 is 20.0 Å². The number of anilines is 3. The normalized spacial score (nSPS) is 24.5. The molecular weight excluding hydrogens is 484 g/mol. The lowest BCUT2D eigenvalue weighted by molar-refractivity contribution is -0.143. The monoisotopic (exact) mass is 530 g/mol. The minimum Gasteiger partial charge on any atom is -0.378 e. The van der Waals surface area contributed by atoms with Gasteiger partial charge in [0.2, 0.25) is 23.8 Å². The van der Waals surface area contributed by atoms with Crippen LogP contribution in [0.4, 0.5) is 17.8 Å². The number of carbonyl (C=O) groups excluding carboxylic acids is 1. The van der Waals surface area contributed by atoms with Gasteiger partial charge in [0.1, 0.15) is 0 Å². The summed E-state index contributed by atoms with van der Waals surface area (Å²) in [6.07, 6.45) is 5.95. The zero-order valence-electron chi connectivity index (χ0n) is 23.7. The molecule has 4 heterocycles. The van der Waals surface area contributed by atoms with Crippen LogP contribution in [0.5, 0.6) is 0 Å². The number of piperazine rings is 1. The standard InChI is InChI=1S/C27H46N8O3/c1-26(2)20-34(22(36)27(3,4)31-26)10-11-35(21-8-6-5-7-9-21)25-29-23(32-12-16-37-17-13-32)28-24(30-25)33-14-18-38-19-15-33/h21,31H,5-20H2,1-4H3. The highest BCUT2D eigenvalue weighted by atomic mass is 16.5. The van der Waals surface area contributed by atoms with E-state index in [9.17, 15) is 4.79 Å². The number of nitrogens with zero attached hydrogens (tertiary/aromatic N) is 7. The van der Waals surface area contributed by atoms with Crippen LogP contribution >= 0.6 is 0 Å². The number of amides is 1. The Labute approximate surface area is 227 Å². The molecule has 0 atom stereocenters. The molecule has 4 fully saturated rings. The van der Waals surface area contributed by atoms with E-state index in [1.807, 2.05) is 18.7 Å². The van der Waals surface area contributed by atoms with Gasteiger partial charge in [-0.2, -0.15) is 15.0 Å². The lowest BCUT2D eigenvalue weighted by Crippen LogP contribution is -2.70. The third-order valence-corrected chi connectivity index (χ3v) is 8.13. The van der Waals surface area contributed by atoms with Gasteiger partial charge in [0.25, 0.3) is 0 Å². The first-order valence-electron chi connectivity index (χ1n) is 14.5. The van der Waals surface area contributed by atoms with Gasteiger partial charge in [0.05, 0.1) is 32.0 Å². The number of hydrogen-bond donors (Lipinski definition) is 1. The van der Waals surface area contributed by atoms with Crippen LogP contribution in [0.15, 0.2) is 0 Å². The van der Waals surface area contributed by atoms with Gasteiger partial charge < -0.3 is 29.1 Å². The van der Waals surface area contributed by atoms with E-state index in [-0.39, 0.29) is 11.4 Å². The van der Waals surface area contributed by atoms with E-state index in [0.717, 1.165) is 56.9 Å². The SMILES string of the molecule is CC1(C)CN(CCN(c2nc(N3CCOCC3)nc(N3CCOCC3)n2)C2CCCCC2)C(=O)C(C)(C)N1. The zero-order chi connectivity index (χ0) is 26.8. The molecule has 0 spiro atoms. The Morgan fingerprint density at radius 3 is 1.97 bits per heavy atom. The average molecular weight is 531 g/mol. The molecule has 212 valence electrons. The second-order valence-electron chi connectivity index (χ2n) is 12.3. The molecule has 1 amide bonds. The topological polar surface area (TPSA) is 99.2 Å². The highest BCUT2D eigenvalue weighted by molar-refractivity contribution is 5.86. The van der Waals surface area contributed by atoms with E-state index in [1.165, 1.54) is 19.3 Å². The minimum atomic E-state index is -0.586. The van der Waals surface area contributed by atoms with E-state index < -0.39 is 5.54 Å². The molecule has 11 heteroatoms. The van der Waals surface area contributed by atoms with Crippen molar-refractivity contribution in [2.75, 3.05) is 86.9 Å². The lowest BCUT2D eigenvalue weighted by atomic mass is 9.90. The quantitative estimate of drug-likeness (QED) is 0.560. The van der Waals surface area contributed by atoms with Crippen molar-refractivity contribution in [3.63, 3.8) is 0 Å². The summed E-state index contributed by atoms with van der Waals surface area (Å²) in [5.41, 5.74) is -0.731. The molecule has 0 bridgehead atoms. The fourth-order valence-corrected chi connectivity index (χ4v) is 6.41. The smallest absolute Gasteiger partial charge is 0.242 e. The zero-order valence-corrected chi connectivity index (χ0v) is 23.7.